The average molecular weight is 292 g/mol. The smallest absolute Gasteiger partial charge is 0.138 e. The van der Waals surface area contributed by atoms with Crippen LogP contribution in [0.4, 0.5) is 4.39 Å². The molecule has 0 aliphatic carbocycles. The molecule has 2 aromatic heterocycles. The van der Waals surface area contributed by atoms with Gasteiger partial charge in [-0.1, -0.05) is 15.9 Å². The highest BCUT2D eigenvalue weighted by Crippen LogP contribution is 2.24. The number of hydrogen-bond acceptors (Lipinski definition) is 2. The molecule has 0 aliphatic rings. The molecule has 3 nitrogen and oxygen atoms in total. The number of nitrogens with zero attached hydrogens (tertiary/aromatic N) is 2. The van der Waals surface area contributed by atoms with Gasteiger partial charge in [0.1, 0.15) is 11.6 Å². The van der Waals surface area contributed by atoms with Crippen molar-refractivity contribution in [3.8, 4) is 11.4 Å². The Kier molecular flexibility index (Phi) is 2.40. The van der Waals surface area contributed by atoms with E-state index in [4.69, 9.17) is 0 Å². The number of halogens is 2. The molecule has 3 rings (SSSR count). The normalized spacial score (nSPS) is 10.9. The number of aromatic nitrogens is 3. The summed E-state index contributed by atoms with van der Waals surface area (Å²) in [5.41, 5.74) is 2.35. The molecule has 0 spiro atoms. The third-order valence-electron chi connectivity index (χ3n) is 2.42. The fourth-order valence-electron chi connectivity index (χ4n) is 1.68. The lowest BCUT2D eigenvalue weighted by molar-refractivity contribution is 0.627. The van der Waals surface area contributed by atoms with E-state index in [-0.39, 0.29) is 5.82 Å². The molecular weight excluding hydrogens is 285 g/mol. The number of benzene rings is 1. The Hall–Kier alpha value is -1.75. The van der Waals surface area contributed by atoms with Crippen molar-refractivity contribution in [2.75, 3.05) is 0 Å². The maximum atomic E-state index is 13.3. The van der Waals surface area contributed by atoms with Crippen LogP contribution >= 0.6 is 15.9 Å². The van der Waals surface area contributed by atoms with Gasteiger partial charge in [-0.15, -0.1) is 0 Å². The minimum atomic E-state index is -0.298. The largest absolute Gasteiger partial charge is 0.337 e. The molecule has 0 radical (unpaired) electrons. The van der Waals surface area contributed by atoms with Gasteiger partial charge in [-0.3, -0.25) is 4.98 Å². The Morgan fingerprint density at radius 3 is 2.88 bits per heavy atom. The van der Waals surface area contributed by atoms with Crippen molar-refractivity contribution in [2.45, 2.75) is 0 Å². The number of pyridine rings is 1. The van der Waals surface area contributed by atoms with Crippen molar-refractivity contribution in [1.82, 2.24) is 15.0 Å². The molecule has 0 aliphatic heterocycles. The second-order valence-electron chi connectivity index (χ2n) is 3.64. The van der Waals surface area contributed by atoms with Crippen LogP contribution in [0.15, 0.2) is 41.1 Å². The summed E-state index contributed by atoms with van der Waals surface area (Å²) < 4.78 is 14.0. The van der Waals surface area contributed by atoms with Crippen molar-refractivity contribution in [2.24, 2.45) is 0 Å². The number of imidazole rings is 1. The first-order chi connectivity index (χ1) is 8.22. The minimum absolute atomic E-state index is 0.298. The number of aromatic amines is 1. The predicted octanol–water partition coefficient (Wildman–Crippen LogP) is 3.53. The SMILES string of the molecule is Fc1cc(Br)cc(-c2nc3ccncc3[nH]2)c1. The van der Waals surface area contributed by atoms with Crippen molar-refractivity contribution in [3.05, 3.63) is 46.9 Å². The molecule has 0 fully saturated rings. The van der Waals surface area contributed by atoms with Gasteiger partial charge in [-0.25, -0.2) is 9.37 Å². The molecule has 2 heterocycles. The van der Waals surface area contributed by atoms with Crippen LogP contribution in [0, 0.1) is 5.82 Å². The van der Waals surface area contributed by atoms with E-state index in [0.29, 0.717) is 15.9 Å². The number of nitrogens with one attached hydrogen (secondary N) is 1. The van der Waals surface area contributed by atoms with Crippen LogP contribution in [-0.4, -0.2) is 15.0 Å². The standard InChI is InChI=1S/C12H7BrFN3/c13-8-3-7(4-9(14)5-8)12-16-10-1-2-15-6-11(10)17-12/h1-6H,(H,16,17). The van der Waals surface area contributed by atoms with Crippen LogP contribution in [0.1, 0.15) is 0 Å². The van der Waals surface area contributed by atoms with Crippen LogP contribution in [0.5, 0.6) is 0 Å². The highest BCUT2D eigenvalue weighted by molar-refractivity contribution is 9.10. The van der Waals surface area contributed by atoms with E-state index in [9.17, 15) is 4.39 Å². The van der Waals surface area contributed by atoms with Crippen LogP contribution in [0.2, 0.25) is 0 Å². The number of hydrogen-bond donors (Lipinski definition) is 1. The molecule has 0 saturated carbocycles. The maximum absolute atomic E-state index is 13.3. The van der Waals surface area contributed by atoms with E-state index in [2.05, 4.69) is 30.9 Å². The third kappa shape index (κ3) is 1.93. The summed E-state index contributed by atoms with van der Waals surface area (Å²) in [4.78, 5) is 11.5. The van der Waals surface area contributed by atoms with E-state index in [1.54, 1.807) is 12.4 Å². The molecule has 0 unspecified atom stereocenters. The monoisotopic (exact) mass is 291 g/mol. The lowest BCUT2D eigenvalue weighted by atomic mass is 10.2. The molecule has 0 saturated heterocycles. The second kappa shape index (κ2) is 3.92. The van der Waals surface area contributed by atoms with Crippen molar-refractivity contribution < 1.29 is 4.39 Å². The van der Waals surface area contributed by atoms with Gasteiger partial charge in [-0.2, -0.15) is 0 Å². The molecule has 0 atom stereocenters. The van der Waals surface area contributed by atoms with Gasteiger partial charge in [0, 0.05) is 16.2 Å². The Bertz CT molecular complexity index is 640. The lowest BCUT2D eigenvalue weighted by Gasteiger charge is -1.98. The molecule has 0 amide bonds. The first-order valence-electron chi connectivity index (χ1n) is 4.98. The van der Waals surface area contributed by atoms with E-state index in [1.807, 2.05) is 12.1 Å². The summed E-state index contributed by atoms with van der Waals surface area (Å²) in [5, 5.41) is 0. The van der Waals surface area contributed by atoms with Crippen molar-refractivity contribution in [3.63, 3.8) is 0 Å². The fourth-order valence-corrected chi connectivity index (χ4v) is 2.15. The number of fused-ring (bicyclic) bond motifs is 1. The van der Waals surface area contributed by atoms with E-state index in [1.165, 1.54) is 12.1 Å². The van der Waals surface area contributed by atoms with Crippen LogP contribution in [-0.2, 0) is 0 Å². The molecule has 1 aromatic carbocycles. The van der Waals surface area contributed by atoms with Gasteiger partial charge in [0.2, 0.25) is 0 Å². The summed E-state index contributed by atoms with van der Waals surface area (Å²) >= 11 is 3.26. The maximum Gasteiger partial charge on any atom is 0.138 e. The van der Waals surface area contributed by atoms with Gasteiger partial charge in [-0.05, 0) is 24.3 Å². The zero-order chi connectivity index (χ0) is 11.8. The first-order valence-corrected chi connectivity index (χ1v) is 5.78. The van der Waals surface area contributed by atoms with Gasteiger partial charge < -0.3 is 4.98 Å². The van der Waals surface area contributed by atoms with Gasteiger partial charge in [0.25, 0.3) is 0 Å². The lowest BCUT2D eigenvalue weighted by Crippen LogP contribution is -1.83. The van der Waals surface area contributed by atoms with Crippen LogP contribution in [0.3, 0.4) is 0 Å². The number of H-pyrrole nitrogens is 1. The Morgan fingerprint density at radius 2 is 2.12 bits per heavy atom. The summed E-state index contributed by atoms with van der Waals surface area (Å²) in [7, 11) is 0. The van der Waals surface area contributed by atoms with E-state index >= 15 is 0 Å². The second-order valence-corrected chi connectivity index (χ2v) is 4.55. The molecule has 3 aromatic rings. The fraction of sp³-hybridized carbons (Fsp3) is 0. The Balaban J connectivity index is 2.20. The summed E-state index contributed by atoms with van der Waals surface area (Å²) in [6, 6.07) is 6.47. The minimum Gasteiger partial charge on any atom is -0.337 e. The third-order valence-corrected chi connectivity index (χ3v) is 2.88. The molecule has 84 valence electrons. The van der Waals surface area contributed by atoms with Crippen molar-refractivity contribution in [1.29, 1.82) is 0 Å². The molecular formula is C12H7BrFN3. The Labute approximate surface area is 105 Å². The van der Waals surface area contributed by atoms with Crippen LogP contribution in [0.25, 0.3) is 22.4 Å². The topological polar surface area (TPSA) is 41.6 Å². The average Bonchev–Trinajstić information content (AvgIpc) is 2.71. The van der Waals surface area contributed by atoms with Gasteiger partial charge in [0.15, 0.2) is 0 Å². The van der Waals surface area contributed by atoms with Gasteiger partial charge >= 0.3 is 0 Å². The molecule has 5 heteroatoms. The molecule has 17 heavy (non-hydrogen) atoms. The Morgan fingerprint density at radius 1 is 1.24 bits per heavy atom. The predicted molar refractivity (Wildman–Crippen MR) is 67.0 cm³/mol. The summed E-state index contributed by atoms with van der Waals surface area (Å²) in [5.74, 6) is 0.334. The van der Waals surface area contributed by atoms with E-state index < -0.39 is 0 Å². The quantitative estimate of drug-likeness (QED) is 0.745. The zero-order valence-corrected chi connectivity index (χ0v) is 10.2. The molecule has 1 N–H and O–H groups in total. The summed E-state index contributed by atoms with van der Waals surface area (Å²) in [6.07, 6.45) is 3.37. The van der Waals surface area contributed by atoms with Crippen LogP contribution < -0.4 is 0 Å². The number of rotatable bonds is 1. The molecule has 0 bridgehead atoms. The summed E-state index contributed by atoms with van der Waals surface area (Å²) in [6.45, 7) is 0. The highest BCUT2D eigenvalue weighted by atomic mass is 79.9. The van der Waals surface area contributed by atoms with Crippen molar-refractivity contribution >= 4 is 27.0 Å². The zero-order valence-electron chi connectivity index (χ0n) is 8.61. The highest BCUT2D eigenvalue weighted by Gasteiger charge is 2.07. The first kappa shape index (κ1) is 10.4. The van der Waals surface area contributed by atoms with E-state index in [0.717, 1.165) is 11.0 Å². The van der Waals surface area contributed by atoms with Gasteiger partial charge in [0.05, 0.1) is 17.2 Å².